The monoisotopic (exact) mass is 407 g/mol. The lowest BCUT2D eigenvalue weighted by atomic mass is 10.1. The summed E-state index contributed by atoms with van der Waals surface area (Å²) in [6.45, 7) is 4.35. The van der Waals surface area contributed by atoms with Gasteiger partial charge in [-0.1, -0.05) is 36.4 Å². The molecule has 1 unspecified atom stereocenters. The minimum absolute atomic E-state index is 0.354. The van der Waals surface area contributed by atoms with Gasteiger partial charge in [0.05, 0.1) is 26.3 Å². The molecule has 158 valence electrons. The van der Waals surface area contributed by atoms with Crippen molar-refractivity contribution >= 4 is 5.96 Å². The Bertz CT molecular complexity index is 923. The Labute approximate surface area is 177 Å². The molecule has 0 bridgehead atoms. The van der Waals surface area contributed by atoms with Crippen molar-refractivity contribution in [2.24, 2.45) is 4.99 Å². The van der Waals surface area contributed by atoms with Gasteiger partial charge in [0.1, 0.15) is 5.75 Å². The first-order chi connectivity index (χ1) is 14.7. The topological polar surface area (TPSA) is 83.7 Å². The molecule has 0 aliphatic rings. The van der Waals surface area contributed by atoms with E-state index in [9.17, 15) is 5.11 Å². The van der Waals surface area contributed by atoms with Gasteiger partial charge in [0.15, 0.2) is 5.96 Å². The largest absolute Gasteiger partial charge is 0.497 e. The van der Waals surface area contributed by atoms with E-state index in [1.54, 1.807) is 13.3 Å². The van der Waals surface area contributed by atoms with Crippen molar-refractivity contribution in [3.05, 3.63) is 83.7 Å². The van der Waals surface area contributed by atoms with Crippen molar-refractivity contribution in [2.75, 3.05) is 20.2 Å². The second-order valence-electron chi connectivity index (χ2n) is 6.84. The van der Waals surface area contributed by atoms with Crippen molar-refractivity contribution in [3.8, 4) is 5.75 Å². The molecule has 0 amide bonds. The number of aliphatic hydroxyl groups is 1. The molecule has 2 aromatic carbocycles. The van der Waals surface area contributed by atoms with Crippen molar-refractivity contribution < 1.29 is 9.84 Å². The Hall–Kier alpha value is -3.32. The van der Waals surface area contributed by atoms with Gasteiger partial charge in [0.2, 0.25) is 0 Å². The summed E-state index contributed by atoms with van der Waals surface area (Å²) < 4.78 is 7.06. The van der Waals surface area contributed by atoms with E-state index < -0.39 is 6.10 Å². The van der Waals surface area contributed by atoms with Crippen molar-refractivity contribution in [1.29, 1.82) is 0 Å². The van der Waals surface area contributed by atoms with Gasteiger partial charge < -0.3 is 20.5 Å². The molecule has 0 aliphatic heterocycles. The number of methoxy groups -OCH3 is 1. The molecule has 0 saturated heterocycles. The van der Waals surface area contributed by atoms with Crippen LogP contribution in [0, 0.1) is 0 Å². The first-order valence-electron chi connectivity index (χ1n) is 10.1. The second kappa shape index (κ2) is 11.0. The maximum atomic E-state index is 10.5. The summed E-state index contributed by atoms with van der Waals surface area (Å²) in [5, 5.41) is 21.2. The SMILES string of the molecule is CCNC(=NCc1ccccc1Cn1cccn1)NCC(O)c1ccc(OC)cc1. The number of guanidine groups is 1. The highest BCUT2D eigenvalue weighted by molar-refractivity contribution is 5.79. The maximum Gasteiger partial charge on any atom is 0.191 e. The number of nitrogens with one attached hydrogen (secondary N) is 2. The smallest absolute Gasteiger partial charge is 0.191 e. The minimum Gasteiger partial charge on any atom is -0.497 e. The number of nitrogens with zero attached hydrogens (tertiary/aromatic N) is 3. The highest BCUT2D eigenvalue weighted by atomic mass is 16.5. The summed E-state index contributed by atoms with van der Waals surface area (Å²) in [6, 6.07) is 17.6. The van der Waals surface area contributed by atoms with Crippen LogP contribution in [0.25, 0.3) is 0 Å². The van der Waals surface area contributed by atoms with Crippen LogP contribution in [0.15, 0.2) is 72.0 Å². The fraction of sp³-hybridized carbons (Fsp3) is 0.304. The molecular formula is C23H29N5O2. The van der Waals surface area contributed by atoms with Gasteiger partial charge in [-0.05, 0) is 41.8 Å². The Morgan fingerprint density at radius 2 is 1.87 bits per heavy atom. The lowest BCUT2D eigenvalue weighted by Crippen LogP contribution is -2.39. The highest BCUT2D eigenvalue weighted by Crippen LogP contribution is 2.17. The molecule has 3 aromatic rings. The molecule has 0 fully saturated rings. The second-order valence-corrected chi connectivity index (χ2v) is 6.84. The van der Waals surface area contributed by atoms with Crippen LogP contribution < -0.4 is 15.4 Å². The fourth-order valence-corrected chi connectivity index (χ4v) is 3.08. The van der Waals surface area contributed by atoms with Crippen LogP contribution in [0.2, 0.25) is 0 Å². The number of hydrogen-bond donors (Lipinski definition) is 3. The van der Waals surface area contributed by atoms with E-state index in [4.69, 9.17) is 9.73 Å². The Morgan fingerprint density at radius 3 is 2.53 bits per heavy atom. The summed E-state index contributed by atoms with van der Waals surface area (Å²) in [7, 11) is 1.62. The van der Waals surface area contributed by atoms with E-state index in [0.717, 1.165) is 23.4 Å². The minimum atomic E-state index is -0.646. The van der Waals surface area contributed by atoms with Crippen LogP contribution >= 0.6 is 0 Å². The zero-order valence-corrected chi connectivity index (χ0v) is 17.5. The standard InChI is InChI=1S/C23H29N5O2/c1-3-24-23(26-16-22(29)18-9-11-21(30-2)12-10-18)25-15-19-7-4-5-8-20(19)17-28-14-6-13-27-28/h4-14,22,29H,3,15-17H2,1-2H3,(H2,24,25,26). The number of benzene rings is 2. The zero-order chi connectivity index (χ0) is 21.2. The molecule has 0 aliphatic carbocycles. The molecule has 7 heteroatoms. The summed E-state index contributed by atoms with van der Waals surface area (Å²) in [6.07, 6.45) is 3.08. The van der Waals surface area contributed by atoms with E-state index in [1.165, 1.54) is 5.56 Å². The van der Waals surface area contributed by atoms with Gasteiger partial charge in [0.25, 0.3) is 0 Å². The molecule has 3 rings (SSSR count). The average Bonchev–Trinajstić information content (AvgIpc) is 3.29. The first-order valence-corrected chi connectivity index (χ1v) is 10.1. The van der Waals surface area contributed by atoms with Crippen LogP contribution in [-0.4, -0.2) is 41.0 Å². The Morgan fingerprint density at radius 1 is 1.10 bits per heavy atom. The van der Waals surface area contributed by atoms with Gasteiger partial charge in [-0.3, -0.25) is 4.68 Å². The predicted molar refractivity (Wildman–Crippen MR) is 119 cm³/mol. The third-order valence-corrected chi connectivity index (χ3v) is 4.73. The van der Waals surface area contributed by atoms with Gasteiger partial charge in [-0.15, -0.1) is 0 Å². The molecule has 1 atom stereocenters. The summed E-state index contributed by atoms with van der Waals surface area (Å²) in [5.74, 6) is 1.43. The van der Waals surface area contributed by atoms with Crippen molar-refractivity contribution in [3.63, 3.8) is 0 Å². The molecular weight excluding hydrogens is 378 g/mol. The Balaban J connectivity index is 1.63. The number of aromatic nitrogens is 2. The quantitative estimate of drug-likeness (QED) is 0.375. The Kier molecular flexibility index (Phi) is 7.86. The zero-order valence-electron chi connectivity index (χ0n) is 17.5. The van der Waals surface area contributed by atoms with Gasteiger partial charge in [-0.25, -0.2) is 4.99 Å². The lowest BCUT2D eigenvalue weighted by Gasteiger charge is -2.16. The lowest BCUT2D eigenvalue weighted by molar-refractivity contribution is 0.180. The van der Waals surface area contributed by atoms with Crippen molar-refractivity contribution in [1.82, 2.24) is 20.4 Å². The normalized spacial score (nSPS) is 12.4. The molecule has 1 heterocycles. The van der Waals surface area contributed by atoms with Crippen molar-refractivity contribution in [2.45, 2.75) is 26.1 Å². The van der Waals surface area contributed by atoms with E-state index in [2.05, 4.69) is 27.9 Å². The van der Waals surface area contributed by atoms with Crippen LogP contribution in [0.3, 0.4) is 0 Å². The number of rotatable bonds is 9. The summed E-state index contributed by atoms with van der Waals surface area (Å²) in [5.41, 5.74) is 3.14. The number of aliphatic imine (C=N–C) groups is 1. The van der Waals surface area contributed by atoms with Crippen LogP contribution in [0.1, 0.15) is 29.7 Å². The van der Waals surface area contributed by atoms with Crippen LogP contribution in [-0.2, 0) is 13.1 Å². The fourth-order valence-electron chi connectivity index (χ4n) is 3.08. The molecule has 0 spiro atoms. The molecule has 30 heavy (non-hydrogen) atoms. The van der Waals surface area contributed by atoms with E-state index in [1.807, 2.05) is 60.3 Å². The van der Waals surface area contributed by atoms with E-state index in [0.29, 0.717) is 25.6 Å². The van der Waals surface area contributed by atoms with E-state index >= 15 is 0 Å². The molecule has 0 saturated carbocycles. The molecule has 1 aromatic heterocycles. The van der Waals surface area contributed by atoms with Gasteiger partial charge in [-0.2, -0.15) is 5.10 Å². The van der Waals surface area contributed by atoms with E-state index in [-0.39, 0.29) is 0 Å². The molecule has 7 nitrogen and oxygen atoms in total. The highest BCUT2D eigenvalue weighted by Gasteiger charge is 2.09. The number of ether oxygens (including phenoxy) is 1. The average molecular weight is 408 g/mol. The number of hydrogen-bond acceptors (Lipinski definition) is 4. The molecule has 3 N–H and O–H groups in total. The van der Waals surface area contributed by atoms with Crippen LogP contribution in [0.5, 0.6) is 5.75 Å². The molecule has 0 radical (unpaired) electrons. The predicted octanol–water partition coefficient (Wildman–Crippen LogP) is 2.73. The third kappa shape index (κ3) is 6.09. The summed E-state index contributed by atoms with van der Waals surface area (Å²) in [4.78, 5) is 4.70. The van der Waals surface area contributed by atoms with Gasteiger partial charge >= 0.3 is 0 Å². The number of aliphatic hydroxyl groups excluding tert-OH is 1. The summed E-state index contributed by atoms with van der Waals surface area (Å²) >= 11 is 0. The first kappa shape index (κ1) is 21.4. The van der Waals surface area contributed by atoms with Crippen LogP contribution in [0.4, 0.5) is 0 Å². The van der Waals surface area contributed by atoms with Gasteiger partial charge in [0, 0.05) is 25.5 Å². The maximum absolute atomic E-state index is 10.5. The third-order valence-electron chi connectivity index (χ3n) is 4.73.